The molecule has 0 amide bonds. The monoisotopic (exact) mass is 488 g/mol. The zero-order valence-electron chi connectivity index (χ0n) is 20.9. The van der Waals surface area contributed by atoms with E-state index in [2.05, 4.69) is 35.3 Å². The molecule has 1 unspecified atom stereocenters. The third-order valence-electron chi connectivity index (χ3n) is 6.70. The molecule has 2 N–H and O–H groups in total. The lowest BCUT2D eigenvalue weighted by atomic mass is 9.83. The summed E-state index contributed by atoms with van der Waals surface area (Å²) in [5, 5.41) is 20.5. The van der Waals surface area contributed by atoms with Crippen molar-refractivity contribution in [1.82, 2.24) is 5.16 Å². The van der Waals surface area contributed by atoms with Crippen LogP contribution in [0.25, 0.3) is 21.9 Å². The molecular formula is C32H28N2O3. The molecule has 5 heteroatoms. The molecule has 5 nitrogen and oxygen atoms in total. The maximum Gasteiger partial charge on any atom is 0.366 e. The van der Waals surface area contributed by atoms with Crippen LogP contribution in [0.15, 0.2) is 119 Å². The Morgan fingerprint density at radius 1 is 0.892 bits per heavy atom. The Kier molecular flexibility index (Phi) is 6.47. The van der Waals surface area contributed by atoms with Gasteiger partial charge < -0.3 is 14.9 Å². The number of hydrogen-bond donors (Lipinski definition) is 2. The molecule has 1 heterocycles. The van der Waals surface area contributed by atoms with Crippen molar-refractivity contribution in [3.8, 4) is 11.1 Å². The molecular weight excluding hydrogens is 460 g/mol. The Labute approximate surface area is 215 Å². The van der Waals surface area contributed by atoms with Crippen LogP contribution in [-0.2, 0) is 12.0 Å². The van der Waals surface area contributed by atoms with E-state index in [4.69, 9.17) is 4.52 Å². The molecule has 0 bridgehead atoms. The summed E-state index contributed by atoms with van der Waals surface area (Å²) in [7, 11) is 0. The fourth-order valence-corrected chi connectivity index (χ4v) is 4.65. The number of aliphatic hydroxyl groups is 1. The van der Waals surface area contributed by atoms with Gasteiger partial charge in [0.25, 0.3) is 0 Å². The Morgan fingerprint density at radius 2 is 1.62 bits per heavy atom. The highest BCUT2D eigenvalue weighted by Gasteiger charge is 2.33. The largest absolute Gasteiger partial charge is 0.379 e. The second-order valence-electron chi connectivity index (χ2n) is 9.39. The standard InChI is InChI=1S/C32H28N2O3/c1-21-8-7-9-24(18-21)20-32(36,27-14-12-26(13-15-27)25-10-5-4-6-11-25)23(3)33-28-16-17-29-30(19-28)22(2)34-37-31(29)35/h4-19,33,36H,3,20H2,1-2H3. The van der Waals surface area contributed by atoms with E-state index in [-0.39, 0.29) is 0 Å². The zero-order chi connectivity index (χ0) is 26.0. The first-order chi connectivity index (χ1) is 17.8. The summed E-state index contributed by atoms with van der Waals surface area (Å²) < 4.78 is 4.84. The number of benzene rings is 4. The summed E-state index contributed by atoms with van der Waals surface area (Å²) >= 11 is 0. The van der Waals surface area contributed by atoms with Crippen LogP contribution in [0.2, 0.25) is 0 Å². The second kappa shape index (κ2) is 9.88. The number of nitrogens with zero attached hydrogens (tertiary/aromatic N) is 1. The molecule has 0 radical (unpaired) electrons. The van der Waals surface area contributed by atoms with Crippen LogP contribution in [0.3, 0.4) is 0 Å². The number of anilines is 1. The van der Waals surface area contributed by atoms with Gasteiger partial charge >= 0.3 is 5.63 Å². The summed E-state index contributed by atoms with van der Waals surface area (Å²) in [5.74, 6) is 0. The van der Waals surface area contributed by atoms with Gasteiger partial charge in [-0.05, 0) is 54.3 Å². The summed E-state index contributed by atoms with van der Waals surface area (Å²) in [6.45, 7) is 8.08. The Morgan fingerprint density at radius 3 is 2.35 bits per heavy atom. The lowest BCUT2D eigenvalue weighted by Gasteiger charge is -2.32. The van der Waals surface area contributed by atoms with Crippen molar-refractivity contribution < 1.29 is 9.63 Å². The first-order valence-electron chi connectivity index (χ1n) is 12.1. The predicted octanol–water partition coefficient (Wildman–Crippen LogP) is 6.53. The van der Waals surface area contributed by atoms with E-state index >= 15 is 0 Å². The Balaban J connectivity index is 1.52. The molecule has 37 heavy (non-hydrogen) atoms. The fraction of sp³-hybridized carbons (Fsp3) is 0.125. The lowest BCUT2D eigenvalue weighted by molar-refractivity contribution is 0.0783. The van der Waals surface area contributed by atoms with Gasteiger partial charge in [-0.25, -0.2) is 4.79 Å². The van der Waals surface area contributed by atoms with Gasteiger partial charge in [0.2, 0.25) is 0 Å². The molecule has 1 atom stereocenters. The molecule has 0 spiro atoms. The number of fused-ring (bicyclic) bond motifs is 1. The molecule has 5 aromatic rings. The predicted molar refractivity (Wildman–Crippen MR) is 148 cm³/mol. The van der Waals surface area contributed by atoms with Crippen molar-refractivity contribution in [1.29, 1.82) is 0 Å². The van der Waals surface area contributed by atoms with Crippen molar-refractivity contribution in [3.05, 3.63) is 142 Å². The van der Waals surface area contributed by atoms with Crippen LogP contribution >= 0.6 is 0 Å². The van der Waals surface area contributed by atoms with Crippen LogP contribution in [0, 0.1) is 13.8 Å². The highest BCUT2D eigenvalue weighted by molar-refractivity contribution is 5.86. The molecule has 1 aromatic heterocycles. The third kappa shape index (κ3) is 4.95. The first-order valence-corrected chi connectivity index (χ1v) is 12.1. The quantitative estimate of drug-likeness (QED) is 0.272. The van der Waals surface area contributed by atoms with E-state index in [1.54, 1.807) is 19.1 Å². The number of aryl methyl sites for hydroxylation is 2. The Bertz CT molecular complexity index is 1640. The van der Waals surface area contributed by atoms with Crippen molar-refractivity contribution in [2.75, 3.05) is 5.32 Å². The van der Waals surface area contributed by atoms with Crippen LogP contribution in [0.5, 0.6) is 0 Å². The minimum absolute atomic E-state index is 0.336. The average Bonchev–Trinajstić information content (AvgIpc) is 2.91. The van der Waals surface area contributed by atoms with Crippen LogP contribution in [0.1, 0.15) is 22.4 Å². The summed E-state index contributed by atoms with van der Waals surface area (Å²) in [6, 6.07) is 31.5. The summed E-state index contributed by atoms with van der Waals surface area (Å²) in [6.07, 6.45) is 0.336. The number of rotatable bonds is 7. The molecule has 0 saturated carbocycles. The molecule has 0 aliphatic carbocycles. The molecule has 4 aromatic carbocycles. The van der Waals surface area contributed by atoms with E-state index in [0.717, 1.165) is 27.8 Å². The number of hydrogen-bond acceptors (Lipinski definition) is 5. The smallest absolute Gasteiger partial charge is 0.366 e. The lowest BCUT2D eigenvalue weighted by Crippen LogP contribution is -2.34. The van der Waals surface area contributed by atoms with E-state index < -0.39 is 11.2 Å². The molecule has 5 rings (SSSR count). The second-order valence-corrected chi connectivity index (χ2v) is 9.39. The normalized spacial score (nSPS) is 12.7. The van der Waals surface area contributed by atoms with Crippen molar-refractivity contribution in [2.24, 2.45) is 0 Å². The average molecular weight is 489 g/mol. The Hall–Kier alpha value is -4.48. The highest BCUT2D eigenvalue weighted by Crippen LogP contribution is 2.35. The van der Waals surface area contributed by atoms with Gasteiger partial charge in [-0.3, -0.25) is 0 Å². The van der Waals surface area contributed by atoms with E-state index in [9.17, 15) is 9.90 Å². The van der Waals surface area contributed by atoms with E-state index in [0.29, 0.717) is 34.3 Å². The van der Waals surface area contributed by atoms with Gasteiger partial charge in [-0.1, -0.05) is 96.2 Å². The van der Waals surface area contributed by atoms with E-state index in [1.807, 2.05) is 73.7 Å². The van der Waals surface area contributed by atoms with Crippen molar-refractivity contribution in [3.63, 3.8) is 0 Å². The number of aromatic nitrogens is 1. The van der Waals surface area contributed by atoms with Crippen LogP contribution in [0.4, 0.5) is 5.69 Å². The molecule has 184 valence electrons. The minimum Gasteiger partial charge on any atom is -0.379 e. The maximum absolute atomic E-state index is 12.2. The SMILES string of the molecule is C=C(Nc1ccc2c(=O)onc(C)c2c1)C(O)(Cc1cccc(C)c1)c1ccc(-c2ccccc2)cc1. The minimum atomic E-state index is -1.40. The molecule has 0 aliphatic rings. The van der Waals surface area contributed by atoms with Crippen molar-refractivity contribution >= 4 is 16.5 Å². The van der Waals surface area contributed by atoms with Gasteiger partial charge in [0, 0.05) is 23.2 Å². The van der Waals surface area contributed by atoms with Crippen LogP contribution < -0.4 is 10.9 Å². The van der Waals surface area contributed by atoms with Gasteiger partial charge in [-0.15, -0.1) is 0 Å². The van der Waals surface area contributed by atoms with Gasteiger partial charge in [0.05, 0.1) is 11.1 Å². The zero-order valence-corrected chi connectivity index (χ0v) is 20.9. The highest BCUT2D eigenvalue weighted by atomic mass is 16.5. The first kappa shape index (κ1) is 24.2. The maximum atomic E-state index is 12.2. The van der Waals surface area contributed by atoms with Gasteiger partial charge in [-0.2, -0.15) is 0 Å². The van der Waals surface area contributed by atoms with E-state index in [1.165, 1.54) is 0 Å². The van der Waals surface area contributed by atoms with Crippen molar-refractivity contribution in [2.45, 2.75) is 25.9 Å². The van der Waals surface area contributed by atoms with Gasteiger partial charge in [0.1, 0.15) is 5.60 Å². The molecule has 0 aliphatic heterocycles. The third-order valence-corrected chi connectivity index (χ3v) is 6.70. The molecule has 0 fully saturated rings. The topological polar surface area (TPSA) is 75.4 Å². The molecule has 0 saturated heterocycles. The number of nitrogens with one attached hydrogen (secondary N) is 1. The fourth-order valence-electron chi connectivity index (χ4n) is 4.65. The summed E-state index contributed by atoms with van der Waals surface area (Å²) in [5.41, 5.74) is 4.85. The van der Waals surface area contributed by atoms with Crippen LogP contribution in [-0.4, -0.2) is 10.3 Å². The van der Waals surface area contributed by atoms with Gasteiger partial charge in [0.15, 0.2) is 0 Å². The summed E-state index contributed by atoms with van der Waals surface area (Å²) in [4.78, 5) is 12.1.